The predicted octanol–water partition coefficient (Wildman–Crippen LogP) is 1.67. The molecule has 8 heteroatoms. The Kier molecular flexibility index (Phi) is 5.90. The van der Waals surface area contributed by atoms with Crippen LogP contribution in [0.4, 0.5) is 17.8 Å². The minimum absolute atomic E-state index is 0.185. The second-order valence-electron chi connectivity index (χ2n) is 6.31. The maximum Gasteiger partial charge on any atom is 0.308 e. The minimum Gasteiger partial charge on any atom is -0.481 e. The van der Waals surface area contributed by atoms with Gasteiger partial charge in [0, 0.05) is 25.7 Å². The number of carboxylic acids is 1. The van der Waals surface area contributed by atoms with E-state index in [1.54, 1.807) is 18.9 Å². The van der Waals surface area contributed by atoms with Gasteiger partial charge in [0.05, 0.1) is 5.92 Å². The summed E-state index contributed by atoms with van der Waals surface area (Å²) in [5.74, 6) is 0.00684. The Morgan fingerprint density at radius 1 is 1.27 bits per heavy atom. The second kappa shape index (κ2) is 7.24. The molecular formula is C14H26N6O2. The summed E-state index contributed by atoms with van der Waals surface area (Å²) in [7, 11) is 1.77. The van der Waals surface area contributed by atoms with Gasteiger partial charge in [0.25, 0.3) is 0 Å². The lowest BCUT2D eigenvalue weighted by Crippen LogP contribution is -2.31. The standard InChI is InChI=1S/C14H26N6O2/c1-7-15-11-16-12(19-14(3,4)5)18-13(17-11)20(6)8-9(2)10(21)22/h9H,7-8H2,1-6H3,(H,21,22)(H2,15,16,17,18,19). The lowest BCUT2D eigenvalue weighted by Gasteiger charge is -2.23. The second-order valence-corrected chi connectivity index (χ2v) is 6.31. The SMILES string of the molecule is CCNc1nc(NC(C)(C)C)nc(N(C)CC(C)C(=O)O)n1. The summed E-state index contributed by atoms with van der Waals surface area (Å²) in [5.41, 5.74) is -0.185. The topological polar surface area (TPSA) is 103 Å². The Morgan fingerprint density at radius 2 is 1.86 bits per heavy atom. The van der Waals surface area contributed by atoms with E-state index < -0.39 is 11.9 Å². The smallest absolute Gasteiger partial charge is 0.308 e. The Balaban J connectivity index is 3.03. The van der Waals surface area contributed by atoms with Crippen LogP contribution in [0.1, 0.15) is 34.6 Å². The van der Waals surface area contributed by atoms with E-state index >= 15 is 0 Å². The first-order valence-corrected chi connectivity index (χ1v) is 7.34. The molecule has 1 rings (SSSR count). The molecule has 0 spiro atoms. The van der Waals surface area contributed by atoms with E-state index in [-0.39, 0.29) is 5.54 Å². The molecule has 0 saturated heterocycles. The van der Waals surface area contributed by atoms with Crippen molar-refractivity contribution in [3.05, 3.63) is 0 Å². The molecule has 8 nitrogen and oxygen atoms in total. The number of aromatic nitrogens is 3. The summed E-state index contributed by atoms with van der Waals surface area (Å²) in [6.45, 7) is 10.7. The molecule has 124 valence electrons. The number of nitrogens with zero attached hydrogens (tertiary/aromatic N) is 4. The van der Waals surface area contributed by atoms with Crippen molar-refractivity contribution in [2.24, 2.45) is 5.92 Å². The number of carboxylic acid groups (broad SMARTS) is 1. The zero-order valence-electron chi connectivity index (χ0n) is 14.1. The average Bonchev–Trinajstić information content (AvgIpc) is 2.36. The normalized spacial score (nSPS) is 12.6. The third kappa shape index (κ3) is 5.71. The number of hydrogen-bond donors (Lipinski definition) is 3. The third-order valence-electron chi connectivity index (χ3n) is 2.76. The molecule has 1 aromatic rings. The zero-order chi connectivity index (χ0) is 16.9. The van der Waals surface area contributed by atoms with Crippen LogP contribution < -0.4 is 15.5 Å². The fourth-order valence-corrected chi connectivity index (χ4v) is 1.73. The first-order chi connectivity index (χ1) is 10.1. The summed E-state index contributed by atoms with van der Waals surface area (Å²) >= 11 is 0. The van der Waals surface area contributed by atoms with Gasteiger partial charge in [0.15, 0.2) is 0 Å². The molecule has 22 heavy (non-hydrogen) atoms. The minimum atomic E-state index is -0.846. The lowest BCUT2D eigenvalue weighted by atomic mass is 10.1. The van der Waals surface area contributed by atoms with Gasteiger partial charge in [-0.05, 0) is 27.7 Å². The van der Waals surface area contributed by atoms with Gasteiger partial charge in [0.1, 0.15) is 0 Å². The number of nitrogens with one attached hydrogen (secondary N) is 2. The van der Waals surface area contributed by atoms with Gasteiger partial charge in [-0.15, -0.1) is 0 Å². The lowest BCUT2D eigenvalue weighted by molar-refractivity contribution is -0.140. The molecule has 0 aromatic carbocycles. The van der Waals surface area contributed by atoms with Gasteiger partial charge in [-0.1, -0.05) is 6.92 Å². The van der Waals surface area contributed by atoms with Gasteiger partial charge >= 0.3 is 5.97 Å². The fourth-order valence-electron chi connectivity index (χ4n) is 1.73. The highest BCUT2D eigenvalue weighted by molar-refractivity contribution is 5.70. The van der Waals surface area contributed by atoms with Gasteiger partial charge < -0.3 is 20.6 Å². The van der Waals surface area contributed by atoms with E-state index in [0.717, 1.165) is 0 Å². The third-order valence-corrected chi connectivity index (χ3v) is 2.76. The molecule has 3 N–H and O–H groups in total. The molecule has 0 amide bonds. The molecule has 0 aliphatic heterocycles. The van der Waals surface area contributed by atoms with Crippen LogP contribution >= 0.6 is 0 Å². The molecule has 0 aliphatic rings. The van der Waals surface area contributed by atoms with Gasteiger partial charge in [-0.2, -0.15) is 15.0 Å². The number of hydrogen-bond acceptors (Lipinski definition) is 7. The van der Waals surface area contributed by atoms with Crippen molar-refractivity contribution in [2.75, 3.05) is 35.7 Å². The molecular weight excluding hydrogens is 284 g/mol. The largest absolute Gasteiger partial charge is 0.481 e. The van der Waals surface area contributed by atoms with Crippen molar-refractivity contribution in [1.29, 1.82) is 0 Å². The van der Waals surface area contributed by atoms with Crippen LogP contribution in [-0.2, 0) is 4.79 Å². The Morgan fingerprint density at radius 3 is 2.36 bits per heavy atom. The van der Waals surface area contributed by atoms with Gasteiger partial charge in [-0.3, -0.25) is 4.79 Å². The van der Waals surface area contributed by atoms with Crippen molar-refractivity contribution in [3.63, 3.8) is 0 Å². The quantitative estimate of drug-likeness (QED) is 0.699. The van der Waals surface area contributed by atoms with Crippen LogP contribution in [0.25, 0.3) is 0 Å². The summed E-state index contributed by atoms with van der Waals surface area (Å²) in [4.78, 5) is 25.7. The van der Waals surface area contributed by atoms with Gasteiger partial charge in [-0.25, -0.2) is 0 Å². The van der Waals surface area contributed by atoms with Crippen LogP contribution in [0.2, 0.25) is 0 Å². The predicted molar refractivity (Wildman–Crippen MR) is 87.4 cm³/mol. The van der Waals surface area contributed by atoms with E-state index in [9.17, 15) is 4.79 Å². The molecule has 1 heterocycles. The van der Waals surface area contributed by atoms with Crippen molar-refractivity contribution in [1.82, 2.24) is 15.0 Å². The van der Waals surface area contributed by atoms with Crippen LogP contribution in [0.3, 0.4) is 0 Å². The maximum atomic E-state index is 11.0. The molecule has 0 radical (unpaired) electrons. The molecule has 0 aliphatic carbocycles. The van der Waals surface area contributed by atoms with Crippen LogP contribution in [0, 0.1) is 5.92 Å². The summed E-state index contributed by atoms with van der Waals surface area (Å²) in [6.07, 6.45) is 0. The van der Waals surface area contributed by atoms with Crippen molar-refractivity contribution >= 4 is 23.8 Å². The summed E-state index contributed by atoms with van der Waals surface area (Å²) < 4.78 is 0. The highest BCUT2D eigenvalue weighted by atomic mass is 16.4. The van der Waals surface area contributed by atoms with Crippen molar-refractivity contribution in [3.8, 4) is 0 Å². The number of anilines is 3. The van der Waals surface area contributed by atoms with E-state index in [1.165, 1.54) is 0 Å². The molecule has 1 unspecified atom stereocenters. The van der Waals surface area contributed by atoms with E-state index in [0.29, 0.717) is 30.9 Å². The maximum absolute atomic E-state index is 11.0. The summed E-state index contributed by atoms with van der Waals surface area (Å²) in [5, 5.41) is 15.3. The van der Waals surface area contributed by atoms with Crippen molar-refractivity contribution in [2.45, 2.75) is 40.2 Å². The van der Waals surface area contributed by atoms with Gasteiger partial charge in [0.2, 0.25) is 17.8 Å². The zero-order valence-corrected chi connectivity index (χ0v) is 14.1. The Bertz CT molecular complexity index is 515. The monoisotopic (exact) mass is 310 g/mol. The fraction of sp³-hybridized carbons (Fsp3) is 0.714. The molecule has 1 aromatic heterocycles. The molecule has 0 fully saturated rings. The van der Waals surface area contributed by atoms with E-state index in [2.05, 4.69) is 25.6 Å². The number of rotatable bonds is 7. The number of carbonyl (C=O) groups is 1. The summed E-state index contributed by atoms with van der Waals surface area (Å²) in [6, 6.07) is 0. The van der Waals surface area contributed by atoms with Crippen molar-refractivity contribution < 1.29 is 9.90 Å². The first kappa shape index (κ1) is 17.9. The molecule has 0 bridgehead atoms. The van der Waals surface area contributed by atoms with E-state index in [4.69, 9.17) is 5.11 Å². The Labute approximate surface area is 131 Å². The van der Waals surface area contributed by atoms with Crippen LogP contribution in [0.5, 0.6) is 0 Å². The Hall–Kier alpha value is -2.12. The molecule has 0 saturated carbocycles. The van der Waals surface area contributed by atoms with E-state index in [1.807, 2.05) is 27.7 Å². The first-order valence-electron chi connectivity index (χ1n) is 7.34. The highest BCUT2D eigenvalue weighted by Crippen LogP contribution is 2.16. The highest BCUT2D eigenvalue weighted by Gasteiger charge is 2.18. The van der Waals surface area contributed by atoms with Crippen LogP contribution in [0.15, 0.2) is 0 Å². The average molecular weight is 310 g/mol. The number of aliphatic carboxylic acids is 1. The van der Waals surface area contributed by atoms with Crippen LogP contribution in [-0.4, -0.2) is 51.7 Å². The molecule has 1 atom stereocenters.